The maximum absolute atomic E-state index is 12.9. The molecule has 3 rings (SSSR count). The highest BCUT2D eigenvalue weighted by atomic mass is 16.5. The molecule has 3 atom stereocenters. The number of rotatable bonds is 7. The minimum atomic E-state index is -0.725. The topological polar surface area (TPSA) is 99.8 Å². The molecule has 0 spiro atoms. The fraction of sp³-hybridized carbons (Fsp3) is 0.625. The summed E-state index contributed by atoms with van der Waals surface area (Å²) in [5.41, 5.74) is 1.61. The summed E-state index contributed by atoms with van der Waals surface area (Å²) < 4.78 is 5.30. The fourth-order valence-corrected chi connectivity index (χ4v) is 4.24. The number of nitrogens with one attached hydrogen (secondary N) is 3. The smallest absolute Gasteiger partial charge is 0.251 e. The molecular formula is C24H36N4O4. The summed E-state index contributed by atoms with van der Waals surface area (Å²) in [4.78, 5) is 40.0. The Kier molecular flexibility index (Phi) is 7.56. The number of anilines is 1. The van der Waals surface area contributed by atoms with E-state index in [1.807, 2.05) is 26.0 Å². The first-order valence-electron chi connectivity index (χ1n) is 11.4. The van der Waals surface area contributed by atoms with E-state index in [0.717, 1.165) is 25.3 Å². The molecule has 3 N–H and O–H groups in total. The molecule has 176 valence electrons. The number of carbonyl (C=O) groups is 3. The zero-order valence-corrected chi connectivity index (χ0v) is 19.7. The van der Waals surface area contributed by atoms with E-state index < -0.39 is 12.1 Å². The van der Waals surface area contributed by atoms with Crippen LogP contribution in [0, 0.1) is 5.92 Å². The van der Waals surface area contributed by atoms with Crippen LogP contribution in [-0.4, -0.2) is 67.6 Å². The molecular weight excluding hydrogens is 408 g/mol. The summed E-state index contributed by atoms with van der Waals surface area (Å²) in [7, 11) is 0. The van der Waals surface area contributed by atoms with Crippen molar-refractivity contribution >= 4 is 23.3 Å². The first kappa shape index (κ1) is 24.2. The molecule has 2 aliphatic heterocycles. The van der Waals surface area contributed by atoms with Crippen LogP contribution in [-0.2, 0) is 14.3 Å². The number of ether oxygens (including phenoxy) is 1. The average Bonchev–Trinajstić information content (AvgIpc) is 3.04. The summed E-state index contributed by atoms with van der Waals surface area (Å²) in [6.45, 7) is 12.8. The van der Waals surface area contributed by atoms with E-state index in [1.54, 1.807) is 19.1 Å². The summed E-state index contributed by atoms with van der Waals surface area (Å²) >= 11 is 0. The summed E-state index contributed by atoms with van der Waals surface area (Å²) in [5.74, 6) is -0.618. The Hall–Kier alpha value is -2.45. The molecule has 0 aliphatic carbocycles. The summed E-state index contributed by atoms with van der Waals surface area (Å²) in [6.07, 6.45) is 0.103. The van der Waals surface area contributed by atoms with Crippen molar-refractivity contribution in [3.63, 3.8) is 0 Å². The van der Waals surface area contributed by atoms with Gasteiger partial charge in [0.2, 0.25) is 5.91 Å². The van der Waals surface area contributed by atoms with Crippen molar-refractivity contribution in [1.82, 2.24) is 16.0 Å². The molecule has 2 fully saturated rings. The van der Waals surface area contributed by atoms with Crippen LogP contribution < -0.4 is 20.9 Å². The number of piperazine rings is 1. The third kappa shape index (κ3) is 6.07. The molecule has 8 nitrogen and oxygen atoms in total. The molecule has 32 heavy (non-hydrogen) atoms. The predicted octanol–water partition coefficient (Wildman–Crippen LogP) is 1.49. The Bertz CT molecular complexity index is 837. The quantitative estimate of drug-likeness (QED) is 0.589. The Morgan fingerprint density at radius 1 is 1.25 bits per heavy atom. The largest absolute Gasteiger partial charge is 0.368 e. The molecule has 0 bridgehead atoms. The Morgan fingerprint density at radius 3 is 2.50 bits per heavy atom. The number of benzene rings is 1. The van der Waals surface area contributed by atoms with Crippen LogP contribution in [0.3, 0.4) is 0 Å². The number of Topliss-reactive ketones (excluding diaryl/α,β-unsaturated/α-hetero) is 1. The highest BCUT2D eigenvalue weighted by molar-refractivity contribution is 5.99. The molecule has 0 radical (unpaired) electrons. The molecule has 0 aromatic heterocycles. The van der Waals surface area contributed by atoms with Gasteiger partial charge in [0.25, 0.3) is 5.91 Å². The third-order valence-electron chi connectivity index (χ3n) is 6.00. The van der Waals surface area contributed by atoms with Gasteiger partial charge in [-0.15, -0.1) is 0 Å². The Morgan fingerprint density at radius 2 is 1.94 bits per heavy atom. The molecule has 0 unspecified atom stereocenters. The van der Waals surface area contributed by atoms with Crippen molar-refractivity contribution in [3.8, 4) is 0 Å². The average molecular weight is 445 g/mol. The molecule has 1 aromatic carbocycles. The van der Waals surface area contributed by atoms with E-state index in [1.165, 1.54) is 0 Å². The van der Waals surface area contributed by atoms with Gasteiger partial charge in [0.05, 0.1) is 6.10 Å². The number of ketones is 1. The van der Waals surface area contributed by atoms with Gasteiger partial charge in [-0.25, -0.2) is 0 Å². The summed E-state index contributed by atoms with van der Waals surface area (Å²) in [5, 5.41) is 9.11. The normalized spacial score (nSPS) is 23.8. The van der Waals surface area contributed by atoms with E-state index in [9.17, 15) is 14.4 Å². The number of hydrogen-bond donors (Lipinski definition) is 3. The van der Waals surface area contributed by atoms with Crippen LogP contribution in [0.4, 0.5) is 5.69 Å². The van der Waals surface area contributed by atoms with E-state index >= 15 is 0 Å². The van der Waals surface area contributed by atoms with Crippen molar-refractivity contribution < 1.29 is 19.1 Å². The number of amides is 2. The van der Waals surface area contributed by atoms with Gasteiger partial charge in [0, 0.05) is 36.4 Å². The molecule has 2 heterocycles. The van der Waals surface area contributed by atoms with E-state index in [0.29, 0.717) is 12.0 Å². The van der Waals surface area contributed by atoms with Gasteiger partial charge in [0.15, 0.2) is 5.78 Å². The highest BCUT2D eigenvalue weighted by Gasteiger charge is 2.36. The van der Waals surface area contributed by atoms with Crippen molar-refractivity contribution in [2.45, 2.75) is 64.8 Å². The van der Waals surface area contributed by atoms with Gasteiger partial charge >= 0.3 is 0 Å². The maximum atomic E-state index is 12.9. The second-order valence-electron chi connectivity index (χ2n) is 9.90. The molecule has 2 saturated heterocycles. The lowest BCUT2D eigenvalue weighted by atomic mass is 10.0. The van der Waals surface area contributed by atoms with Crippen LogP contribution >= 0.6 is 0 Å². The lowest BCUT2D eigenvalue weighted by Gasteiger charge is -2.40. The highest BCUT2D eigenvalue weighted by Crippen LogP contribution is 2.20. The first-order valence-corrected chi connectivity index (χ1v) is 11.4. The second kappa shape index (κ2) is 10.0. The minimum Gasteiger partial charge on any atom is -0.368 e. The van der Waals surface area contributed by atoms with Crippen molar-refractivity contribution in [2.24, 2.45) is 5.92 Å². The number of hydrogen-bond acceptors (Lipinski definition) is 6. The van der Waals surface area contributed by atoms with Gasteiger partial charge in [-0.1, -0.05) is 13.8 Å². The van der Waals surface area contributed by atoms with E-state index in [-0.39, 0.29) is 41.8 Å². The van der Waals surface area contributed by atoms with Gasteiger partial charge in [-0.3, -0.25) is 14.4 Å². The van der Waals surface area contributed by atoms with Crippen LogP contribution in [0.1, 0.15) is 51.4 Å². The van der Waals surface area contributed by atoms with Crippen LogP contribution in [0.25, 0.3) is 0 Å². The van der Waals surface area contributed by atoms with Crippen molar-refractivity contribution in [1.29, 1.82) is 0 Å². The van der Waals surface area contributed by atoms with Gasteiger partial charge < -0.3 is 25.6 Å². The first-order chi connectivity index (χ1) is 15.1. The number of carbonyl (C=O) groups excluding carboxylic acids is 3. The molecule has 0 saturated carbocycles. The zero-order valence-electron chi connectivity index (χ0n) is 19.7. The third-order valence-corrected chi connectivity index (χ3v) is 6.00. The Balaban J connectivity index is 1.65. The predicted molar refractivity (Wildman–Crippen MR) is 124 cm³/mol. The van der Waals surface area contributed by atoms with Crippen LogP contribution in [0.5, 0.6) is 0 Å². The molecule has 2 amide bonds. The number of nitrogens with zero attached hydrogens (tertiary/aromatic N) is 1. The monoisotopic (exact) mass is 444 g/mol. The summed E-state index contributed by atoms with van der Waals surface area (Å²) in [6, 6.07) is 6.09. The standard InChI is InChI=1S/C24H36N4O4/c1-15(2)12-19(23(31)27-21-16(3)32-13-20(21)29)26-22(30)17-6-8-18(9-7-17)28-11-10-25-24(4,5)14-28/h6-9,15-16,19,21,25H,10-14H2,1-5H3,(H,26,30)(H,27,31)/t16-,19+,21+/m1/s1. The van der Waals surface area contributed by atoms with Gasteiger partial charge in [-0.2, -0.15) is 0 Å². The zero-order chi connectivity index (χ0) is 23.5. The van der Waals surface area contributed by atoms with Gasteiger partial charge in [0.1, 0.15) is 18.7 Å². The molecule has 8 heteroatoms. The maximum Gasteiger partial charge on any atom is 0.251 e. The molecule has 2 aliphatic rings. The SMILES string of the molecule is CC(C)C[C@H](NC(=O)c1ccc(N2CCNC(C)(C)C2)cc1)C(=O)N[C@@H]1C(=O)CO[C@@H]1C. The minimum absolute atomic E-state index is 0.00390. The fourth-order valence-electron chi connectivity index (χ4n) is 4.24. The van der Waals surface area contributed by atoms with E-state index in [2.05, 4.69) is 34.7 Å². The second-order valence-corrected chi connectivity index (χ2v) is 9.90. The molecule has 1 aromatic rings. The van der Waals surface area contributed by atoms with Gasteiger partial charge in [-0.05, 0) is 57.4 Å². The Labute approximate surface area is 190 Å². The van der Waals surface area contributed by atoms with E-state index in [4.69, 9.17) is 4.74 Å². The van der Waals surface area contributed by atoms with Crippen molar-refractivity contribution in [3.05, 3.63) is 29.8 Å². The lowest BCUT2D eigenvalue weighted by molar-refractivity contribution is -0.127. The van der Waals surface area contributed by atoms with Crippen LogP contribution in [0.15, 0.2) is 24.3 Å². The van der Waals surface area contributed by atoms with Crippen LogP contribution in [0.2, 0.25) is 0 Å². The lowest BCUT2D eigenvalue weighted by Crippen LogP contribution is -2.57. The van der Waals surface area contributed by atoms with Crippen molar-refractivity contribution in [2.75, 3.05) is 31.1 Å².